The second-order valence-corrected chi connectivity index (χ2v) is 4.61. The molecule has 1 saturated carbocycles. The summed E-state index contributed by atoms with van der Waals surface area (Å²) < 4.78 is 48.0. The Labute approximate surface area is 129 Å². The van der Waals surface area contributed by atoms with Crippen LogP contribution in [0.15, 0.2) is 22.9 Å². The van der Waals surface area contributed by atoms with Crippen LogP contribution in [-0.2, 0) is 9.59 Å². The predicted octanol–water partition coefficient (Wildman–Crippen LogP) is 1.15. The second kappa shape index (κ2) is 4.80. The molecule has 108 valence electrons. The molecule has 1 aromatic heterocycles. The van der Waals surface area contributed by atoms with Crippen molar-refractivity contribution in [1.29, 1.82) is 0 Å². The van der Waals surface area contributed by atoms with Crippen molar-refractivity contribution in [2.75, 3.05) is 5.73 Å². The number of ketones is 2. The van der Waals surface area contributed by atoms with Crippen molar-refractivity contribution < 1.29 is 17.8 Å². The fourth-order valence-corrected chi connectivity index (χ4v) is 2.25. The number of hydrogen-bond donors (Lipinski definition) is 1. The summed E-state index contributed by atoms with van der Waals surface area (Å²) in [5.41, 5.74) is 4.11. The van der Waals surface area contributed by atoms with Crippen molar-refractivity contribution in [2.24, 2.45) is 0 Å². The van der Waals surface area contributed by atoms with Crippen LogP contribution in [-0.4, -0.2) is 21.1 Å². The largest absolute Gasteiger partial charge is 0.398 e. The number of carbonyl (C=O) groups excluding carboxylic acids is 2. The van der Waals surface area contributed by atoms with Gasteiger partial charge in [0.2, 0.25) is 0 Å². The Morgan fingerprint density at radius 2 is 2.33 bits per heavy atom. The zero-order valence-electron chi connectivity index (χ0n) is 16.8. The summed E-state index contributed by atoms with van der Waals surface area (Å²) in [6.45, 7) is -1.90. The Morgan fingerprint density at radius 3 is 3.05 bits per heavy atom. The van der Waals surface area contributed by atoms with Crippen molar-refractivity contribution in [3.05, 3.63) is 34.3 Å². The molecule has 6 heteroatoms. The molecule has 0 spiro atoms. The first-order chi connectivity index (χ1) is 12.5. The summed E-state index contributed by atoms with van der Waals surface area (Å²) in [7, 11) is 0. The molecule has 2 atom stereocenters. The van der Waals surface area contributed by atoms with Gasteiger partial charge in [0, 0.05) is 16.2 Å². The zero-order valence-corrected chi connectivity index (χ0v) is 10.8. The number of nitrogen functional groups attached to an aromatic ring is 1. The maximum Gasteiger partial charge on any atom is 0.264 e. The van der Waals surface area contributed by atoms with Crippen LogP contribution in [0, 0.1) is 6.88 Å². The summed E-state index contributed by atoms with van der Waals surface area (Å²) >= 11 is 0. The van der Waals surface area contributed by atoms with E-state index in [9.17, 15) is 14.4 Å². The van der Waals surface area contributed by atoms with Crippen molar-refractivity contribution in [1.82, 2.24) is 9.55 Å². The number of carbonyl (C=O) groups is 2. The van der Waals surface area contributed by atoms with Crippen LogP contribution < -0.4 is 11.3 Å². The quantitative estimate of drug-likeness (QED) is 0.628. The highest BCUT2D eigenvalue weighted by Gasteiger charge is 2.30. The molecule has 1 fully saturated rings. The van der Waals surface area contributed by atoms with Crippen LogP contribution in [0.2, 0.25) is 0 Å². The highest BCUT2D eigenvalue weighted by atomic mass is 16.2. The molecule has 6 nitrogen and oxygen atoms in total. The van der Waals surface area contributed by atoms with Gasteiger partial charge in [-0.15, -0.1) is 0 Å². The van der Waals surface area contributed by atoms with Gasteiger partial charge >= 0.3 is 0 Å². The Bertz CT molecular complexity index is 1050. The highest BCUT2D eigenvalue weighted by molar-refractivity contribution is 6.03. The lowest BCUT2D eigenvalue weighted by Gasteiger charge is -2.24. The number of fused-ring (bicyclic) bond motifs is 1. The molecule has 1 aliphatic rings. The van der Waals surface area contributed by atoms with Crippen LogP contribution in [0.3, 0.4) is 0 Å². The van der Waals surface area contributed by atoms with E-state index < -0.39 is 55.1 Å². The molecule has 21 heavy (non-hydrogen) atoms. The number of aromatic nitrogens is 2. The fraction of sp³-hybridized carbons (Fsp3) is 0.333. The summed E-state index contributed by atoms with van der Waals surface area (Å²) in [4.78, 5) is 41.1. The van der Waals surface area contributed by atoms with E-state index in [-0.39, 0.29) is 28.7 Å². The van der Waals surface area contributed by atoms with E-state index >= 15 is 0 Å². The lowest BCUT2D eigenvalue weighted by Crippen LogP contribution is -2.36. The molecule has 1 aromatic carbocycles. The van der Waals surface area contributed by atoms with E-state index in [4.69, 9.17) is 14.0 Å². The van der Waals surface area contributed by atoms with Gasteiger partial charge in [-0.3, -0.25) is 19.0 Å². The number of benzene rings is 1. The zero-order chi connectivity index (χ0) is 20.3. The van der Waals surface area contributed by atoms with Gasteiger partial charge in [-0.2, -0.15) is 0 Å². The Kier molecular flexibility index (Phi) is 1.84. The van der Waals surface area contributed by atoms with E-state index in [2.05, 4.69) is 4.98 Å². The number of rotatable bonds is 1. The molecule has 0 radical (unpaired) electrons. The van der Waals surface area contributed by atoms with Crippen LogP contribution >= 0.6 is 0 Å². The summed E-state index contributed by atoms with van der Waals surface area (Å²) in [5, 5.41) is -0.388. The van der Waals surface area contributed by atoms with E-state index in [1.165, 1.54) is 0 Å². The average molecular weight is 291 g/mol. The summed E-state index contributed by atoms with van der Waals surface area (Å²) in [6, 6.07) is -2.17. The highest BCUT2D eigenvalue weighted by Crippen LogP contribution is 2.24. The SMILES string of the molecule is [2H]c1cc([2H])c2nc(C([2H])[2H])n(C3([2H])C(=O)CC(=O)CC3[2H])c(=O)c2c1N. The minimum absolute atomic E-state index is 0.256. The number of nitrogens with two attached hydrogens (primary N) is 1. The number of anilines is 1. The Hall–Kier alpha value is -2.50. The van der Waals surface area contributed by atoms with Crippen LogP contribution in [0.1, 0.15) is 39.3 Å². The first-order valence-corrected chi connectivity index (χ1v) is 6.14. The van der Waals surface area contributed by atoms with E-state index in [0.29, 0.717) is 4.57 Å². The molecule has 0 saturated heterocycles. The predicted molar refractivity (Wildman–Crippen MR) is 78.1 cm³/mol. The molecule has 0 amide bonds. The van der Waals surface area contributed by atoms with Gasteiger partial charge in [0.15, 0.2) is 5.78 Å². The monoisotopic (exact) mass is 291 g/mol. The van der Waals surface area contributed by atoms with Crippen molar-refractivity contribution in [3.8, 4) is 0 Å². The second-order valence-electron chi connectivity index (χ2n) is 4.61. The minimum atomic E-state index is -2.56. The fourth-order valence-electron chi connectivity index (χ4n) is 2.25. The van der Waals surface area contributed by atoms with Gasteiger partial charge in [-0.05, 0) is 25.4 Å². The van der Waals surface area contributed by atoms with Gasteiger partial charge in [0.05, 0.1) is 27.5 Å². The Balaban J connectivity index is 2.49. The lowest BCUT2D eigenvalue weighted by molar-refractivity contribution is -0.132. The first kappa shape index (κ1) is 8.07. The maximum absolute atomic E-state index is 13.1. The Morgan fingerprint density at radius 1 is 1.52 bits per heavy atom. The molecular formula is C15H15N3O3. The number of Topliss-reactive ketones (excluding diaryl/α,β-unsaturated/α-hetero) is 2. The first-order valence-electron chi connectivity index (χ1n) is 9.37. The molecule has 2 aromatic rings. The van der Waals surface area contributed by atoms with Crippen molar-refractivity contribution in [3.63, 3.8) is 0 Å². The van der Waals surface area contributed by atoms with Crippen LogP contribution in [0.5, 0.6) is 0 Å². The van der Waals surface area contributed by atoms with Gasteiger partial charge in [-0.25, -0.2) is 4.98 Å². The molecule has 2 N–H and O–H groups in total. The average Bonchev–Trinajstić information content (AvgIpc) is 2.56. The standard InChI is InChI=1S/C15H15N3O3/c1-8-17-11-4-2-3-10(16)14(11)15(21)18(8)12-6-5-9(19)7-13(12)20/h2-4,12H,5-7,16H2,1H3/i1D2,3D,4D,6D,12D. The third-order valence-corrected chi connectivity index (χ3v) is 3.22. The maximum atomic E-state index is 13.1. The van der Waals surface area contributed by atoms with E-state index in [1.807, 2.05) is 0 Å². The van der Waals surface area contributed by atoms with Crippen LogP contribution in [0.25, 0.3) is 10.9 Å². The lowest BCUT2D eigenvalue weighted by atomic mass is 9.92. The molecule has 1 aliphatic carbocycles. The van der Waals surface area contributed by atoms with E-state index in [0.717, 1.165) is 6.07 Å². The van der Waals surface area contributed by atoms with Gasteiger partial charge in [0.25, 0.3) is 5.56 Å². The molecule has 3 rings (SSSR count). The number of nitrogens with zero attached hydrogens (tertiary/aromatic N) is 2. The number of hydrogen-bond acceptors (Lipinski definition) is 5. The van der Waals surface area contributed by atoms with Gasteiger partial charge in [0.1, 0.15) is 11.6 Å². The summed E-state index contributed by atoms with van der Waals surface area (Å²) in [5.74, 6) is -2.16. The van der Waals surface area contributed by atoms with Crippen LogP contribution in [0.4, 0.5) is 5.69 Å². The normalized spacial score (nSPS) is 30.4. The summed E-state index contributed by atoms with van der Waals surface area (Å²) in [6.07, 6.45) is -2.74. The smallest absolute Gasteiger partial charge is 0.264 e. The third kappa shape index (κ3) is 2.12. The van der Waals surface area contributed by atoms with Crippen molar-refractivity contribution >= 4 is 28.2 Å². The third-order valence-electron chi connectivity index (χ3n) is 3.22. The molecule has 2 unspecified atom stereocenters. The molecule has 1 heterocycles. The molecule has 0 bridgehead atoms. The molecule has 0 aliphatic heterocycles. The minimum Gasteiger partial charge on any atom is -0.398 e. The molecular weight excluding hydrogens is 270 g/mol. The van der Waals surface area contributed by atoms with E-state index in [1.54, 1.807) is 0 Å². The van der Waals surface area contributed by atoms with Gasteiger partial charge < -0.3 is 5.73 Å². The van der Waals surface area contributed by atoms with Gasteiger partial charge in [-0.1, -0.05) is 6.07 Å². The topological polar surface area (TPSA) is 95.0 Å². The van der Waals surface area contributed by atoms with Crippen molar-refractivity contribution in [2.45, 2.75) is 32.1 Å². The number of aryl methyl sites for hydroxylation is 1.